The second-order valence-electron chi connectivity index (χ2n) is 6.51. The number of hydrogen-bond acceptors (Lipinski definition) is 3. The van der Waals surface area contributed by atoms with E-state index in [9.17, 15) is 9.59 Å². The highest BCUT2D eigenvalue weighted by atomic mass is 35.5. The van der Waals surface area contributed by atoms with Gasteiger partial charge >= 0.3 is 0 Å². The van der Waals surface area contributed by atoms with Crippen molar-refractivity contribution in [2.75, 3.05) is 31.5 Å². The number of nitrogens with one attached hydrogen (secondary N) is 1. The number of hydrogen-bond donors (Lipinski definition) is 1. The van der Waals surface area contributed by atoms with Crippen LogP contribution < -0.4 is 5.32 Å². The summed E-state index contributed by atoms with van der Waals surface area (Å²) in [6, 6.07) is 13.6. The highest BCUT2D eigenvalue weighted by molar-refractivity contribution is 6.31. The van der Waals surface area contributed by atoms with Crippen LogP contribution in [0.25, 0.3) is 0 Å². The van der Waals surface area contributed by atoms with Crippen LogP contribution in [-0.4, -0.2) is 53.8 Å². The fourth-order valence-electron chi connectivity index (χ4n) is 3.03. The van der Waals surface area contributed by atoms with Gasteiger partial charge in [0.25, 0.3) is 5.91 Å². The third-order valence-corrected chi connectivity index (χ3v) is 5.24. The zero-order valence-corrected chi connectivity index (χ0v) is 16.5. The molecule has 0 aliphatic carbocycles. The molecular formula is C20H21Cl2N3O2. The van der Waals surface area contributed by atoms with Crippen molar-refractivity contribution in [1.29, 1.82) is 0 Å². The summed E-state index contributed by atoms with van der Waals surface area (Å²) in [4.78, 5) is 28.9. The highest BCUT2D eigenvalue weighted by Gasteiger charge is 2.27. The van der Waals surface area contributed by atoms with Crippen LogP contribution in [0.1, 0.15) is 17.3 Å². The smallest absolute Gasteiger partial charge is 0.253 e. The Hall–Kier alpha value is -2.08. The summed E-state index contributed by atoms with van der Waals surface area (Å²) < 4.78 is 0. The van der Waals surface area contributed by atoms with E-state index in [1.165, 1.54) is 0 Å². The van der Waals surface area contributed by atoms with Gasteiger partial charge < -0.3 is 10.2 Å². The Kier molecular flexibility index (Phi) is 6.37. The molecule has 0 saturated carbocycles. The average Bonchev–Trinajstić information content (AvgIpc) is 2.69. The van der Waals surface area contributed by atoms with Gasteiger partial charge in [-0.25, -0.2) is 0 Å². The lowest BCUT2D eigenvalue weighted by molar-refractivity contribution is -0.121. The molecule has 5 nitrogen and oxygen atoms in total. The summed E-state index contributed by atoms with van der Waals surface area (Å²) in [5.74, 6) is -0.0839. The number of anilines is 1. The highest BCUT2D eigenvalue weighted by Crippen LogP contribution is 2.16. The molecule has 0 bridgehead atoms. The molecule has 1 saturated heterocycles. The predicted molar refractivity (Wildman–Crippen MR) is 108 cm³/mol. The van der Waals surface area contributed by atoms with E-state index >= 15 is 0 Å². The molecule has 2 aromatic carbocycles. The Bertz CT molecular complexity index is 801. The molecule has 2 aromatic rings. The molecule has 1 unspecified atom stereocenters. The van der Waals surface area contributed by atoms with Crippen molar-refractivity contribution in [2.45, 2.75) is 13.0 Å². The summed E-state index contributed by atoms with van der Waals surface area (Å²) in [5.41, 5.74) is 1.34. The monoisotopic (exact) mass is 405 g/mol. The van der Waals surface area contributed by atoms with E-state index in [1.54, 1.807) is 48.5 Å². The lowest BCUT2D eigenvalue weighted by atomic mass is 10.1. The maximum atomic E-state index is 12.6. The Morgan fingerprint density at radius 1 is 0.889 bits per heavy atom. The van der Waals surface area contributed by atoms with Gasteiger partial charge in [-0.15, -0.1) is 0 Å². The minimum atomic E-state index is -0.284. The van der Waals surface area contributed by atoms with Crippen LogP contribution in [0, 0.1) is 0 Å². The van der Waals surface area contributed by atoms with Crippen LogP contribution in [-0.2, 0) is 4.79 Å². The van der Waals surface area contributed by atoms with Crippen molar-refractivity contribution in [2.24, 2.45) is 0 Å². The van der Waals surface area contributed by atoms with E-state index < -0.39 is 0 Å². The molecule has 1 aliphatic rings. The number of piperazine rings is 1. The number of rotatable bonds is 4. The van der Waals surface area contributed by atoms with E-state index in [0.29, 0.717) is 47.5 Å². The Morgan fingerprint density at radius 3 is 1.96 bits per heavy atom. The van der Waals surface area contributed by atoms with Crippen molar-refractivity contribution in [3.8, 4) is 0 Å². The fourth-order valence-corrected chi connectivity index (χ4v) is 3.29. The SMILES string of the molecule is CC(C(=O)Nc1ccc(Cl)cc1)N1CCN(C(=O)c2ccc(Cl)cc2)CC1. The zero-order chi connectivity index (χ0) is 19.4. The predicted octanol–water partition coefficient (Wildman–Crippen LogP) is 3.78. The van der Waals surface area contributed by atoms with Gasteiger partial charge in [-0.2, -0.15) is 0 Å². The second-order valence-corrected chi connectivity index (χ2v) is 7.38. The van der Waals surface area contributed by atoms with Crippen molar-refractivity contribution in [3.05, 3.63) is 64.1 Å². The molecule has 7 heteroatoms. The van der Waals surface area contributed by atoms with Crippen LogP contribution in [0.4, 0.5) is 5.69 Å². The van der Waals surface area contributed by atoms with E-state index in [4.69, 9.17) is 23.2 Å². The molecular weight excluding hydrogens is 385 g/mol. The minimum absolute atomic E-state index is 0.00964. The Balaban J connectivity index is 1.53. The molecule has 1 N–H and O–H groups in total. The molecule has 1 fully saturated rings. The molecule has 1 heterocycles. The third-order valence-electron chi connectivity index (χ3n) is 4.73. The first kappa shape index (κ1) is 19.7. The topological polar surface area (TPSA) is 52.7 Å². The van der Waals surface area contributed by atoms with Gasteiger partial charge in [0, 0.05) is 47.5 Å². The molecule has 1 aliphatic heterocycles. The van der Waals surface area contributed by atoms with Crippen LogP contribution in [0.15, 0.2) is 48.5 Å². The first-order valence-electron chi connectivity index (χ1n) is 8.79. The lowest BCUT2D eigenvalue weighted by Crippen LogP contribution is -2.54. The fraction of sp³-hybridized carbons (Fsp3) is 0.300. The van der Waals surface area contributed by atoms with Crippen LogP contribution in [0.3, 0.4) is 0 Å². The van der Waals surface area contributed by atoms with Crippen LogP contribution in [0.2, 0.25) is 10.0 Å². The number of nitrogens with zero attached hydrogens (tertiary/aromatic N) is 2. The molecule has 1 atom stereocenters. The number of halogens is 2. The van der Waals surface area contributed by atoms with Crippen LogP contribution >= 0.6 is 23.2 Å². The quantitative estimate of drug-likeness (QED) is 0.841. The Morgan fingerprint density at radius 2 is 1.41 bits per heavy atom. The second kappa shape index (κ2) is 8.74. The molecule has 2 amide bonds. The maximum absolute atomic E-state index is 12.6. The molecule has 0 radical (unpaired) electrons. The van der Waals surface area contributed by atoms with Gasteiger partial charge in [-0.3, -0.25) is 14.5 Å². The summed E-state index contributed by atoms with van der Waals surface area (Å²) in [7, 11) is 0. The van der Waals surface area contributed by atoms with Crippen LogP contribution in [0.5, 0.6) is 0 Å². The van der Waals surface area contributed by atoms with Gasteiger partial charge in [0.2, 0.25) is 5.91 Å². The van der Waals surface area contributed by atoms with E-state index in [-0.39, 0.29) is 17.9 Å². The largest absolute Gasteiger partial charge is 0.336 e. The minimum Gasteiger partial charge on any atom is -0.336 e. The summed E-state index contributed by atoms with van der Waals surface area (Å²) in [6.07, 6.45) is 0. The Labute approximate surface area is 168 Å². The first-order chi connectivity index (χ1) is 12.9. The average molecular weight is 406 g/mol. The number of carbonyl (C=O) groups is 2. The molecule has 3 rings (SSSR count). The number of benzene rings is 2. The van der Waals surface area contributed by atoms with Gasteiger partial charge in [-0.05, 0) is 55.5 Å². The summed E-state index contributed by atoms with van der Waals surface area (Å²) >= 11 is 11.7. The zero-order valence-electron chi connectivity index (χ0n) is 15.0. The normalized spacial score (nSPS) is 16.0. The third kappa shape index (κ3) is 5.01. The molecule has 142 valence electrons. The summed E-state index contributed by atoms with van der Waals surface area (Å²) in [5, 5.41) is 4.13. The standard InChI is InChI=1S/C20H21Cl2N3O2/c1-14(19(26)23-18-8-6-17(22)7-9-18)24-10-12-25(13-11-24)20(27)15-2-4-16(21)5-3-15/h2-9,14H,10-13H2,1H3,(H,23,26). The number of carbonyl (C=O) groups excluding carboxylic acids is 2. The van der Waals surface area contributed by atoms with Crippen molar-refractivity contribution >= 4 is 40.7 Å². The van der Waals surface area contributed by atoms with Gasteiger partial charge in [0.1, 0.15) is 0 Å². The van der Waals surface area contributed by atoms with E-state index in [2.05, 4.69) is 10.2 Å². The van der Waals surface area contributed by atoms with Crippen molar-refractivity contribution in [1.82, 2.24) is 9.80 Å². The van der Waals surface area contributed by atoms with Crippen molar-refractivity contribution in [3.63, 3.8) is 0 Å². The first-order valence-corrected chi connectivity index (χ1v) is 9.55. The maximum Gasteiger partial charge on any atom is 0.253 e. The van der Waals surface area contributed by atoms with Gasteiger partial charge in [0.15, 0.2) is 0 Å². The number of amides is 2. The molecule has 27 heavy (non-hydrogen) atoms. The van der Waals surface area contributed by atoms with E-state index in [0.717, 1.165) is 0 Å². The molecule has 0 spiro atoms. The van der Waals surface area contributed by atoms with Gasteiger partial charge in [0.05, 0.1) is 6.04 Å². The summed E-state index contributed by atoms with van der Waals surface area (Å²) in [6.45, 7) is 4.34. The van der Waals surface area contributed by atoms with Crippen molar-refractivity contribution < 1.29 is 9.59 Å². The van der Waals surface area contributed by atoms with Gasteiger partial charge in [-0.1, -0.05) is 23.2 Å². The molecule has 0 aromatic heterocycles. The van der Waals surface area contributed by atoms with E-state index in [1.807, 2.05) is 11.8 Å². The lowest BCUT2D eigenvalue weighted by Gasteiger charge is -2.37.